The molecule has 0 spiro atoms. The molecule has 0 aromatic rings. The smallest absolute Gasteiger partial charge is 0.0967 e. The lowest BCUT2D eigenvalue weighted by Crippen LogP contribution is -2.43. The number of nitriles is 1. The second-order valence-corrected chi connectivity index (χ2v) is 5.73. The van der Waals surface area contributed by atoms with E-state index in [-0.39, 0.29) is 6.04 Å². The number of piperidine rings is 1. The summed E-state index contributed by atoms with van der Waals surface area (Å²) in [7, 11) is 0. The first-order chi connectivity index (χ1) is 9.15. The van der Waals surface area contributed by atoms with E-state index in [1.54, 1.807) is 0 Å². The number of nitrogens with zero attached hydrogens (tertiary/aromatic N) is 2. The van der Waals surface area contributed by atoms with E-state index in [4.69, 9.17) is 10.00 Å². The minimum absolute atomic E-state index is 0.0306. The molecule has 0 amide bonds. The molecule has 2 unspecified atom stereocenters. The predicted molar refractivity (Wildman–Crippen MR) is 78.0 cm³/mol. The molecule has 19 heavy (non-hydrogen) atoms. The van der Waals surface area contributed by atoms with E-state index in [9.17, 15) is 0 Å². The van der Waals surface area contributed by atoms with E-state index in [1.165, 1.54) is 12.8 Å². The van der Waals surface area contributed by atoms with Crippen LogP contribution in [0.25, 0.3) is 0 Å². The van der Waals surface area contributed by atoms with Crippen LogP contribution in [0.1, 0.15) is 46.5 Å². The van der Waals surface area contributed by atoms with Crippen molar-refractivity contribution < 1.29 is 4.74 Å². The van der Waals surface area contributed by atoms with Gasteiger partial charge in [0.15, 0.2) is 0 Å². The lowest BCUT2D eigenvalue weighted by Gasteiger charge is -2.33. The molecule has 0 aromatic heterocycles. The fourth-order valence-electron chi connectivity index (χ4n) is 2.54. The third kappa shape index (κ3) is 6.91. The zero-order valence-electron chi connectivity index (χ0n) is 12.7. The van der Waals surface area contributed by atoms with Crippen molar-refractivity contribution in [2.45, 2.75) is 64.6 Å². The van der Waals surface area contributed by atoms with Crippen LogP contribution in [0.15, 0.2) is 0 Å². The number of rotatable bonds is 8. The zero-order chi connectivity index (χ0) is 14.1. The summed E-state index contributed by atoms with van der Waals surface area (Å²) in [6, 6.07) is 2.69. The molecule has 1 aliphatic heterocycles. The Balaban J connectivity index is 2.26. The Morgan fingerprint density at radius 1 is 1.47 bits per heavy atom. The highest BCUT2D eigenvalue weighted by Crippen LogP contribution is 2.14. The highest BCUT2D eigenvalue weighted by atomic mass is 16.5. The van der Waals surface area contributed by atoms with Crippen LogP contribution < -0.4 is 5.32 Å². The third-order valence-electron chi connectivity index (χ3n) is 3.44. The van der Waals surface area contributed by atoms with Crippen molar-refractivity contribution in [1.29, 1.82) is 5.26 Å². The monoisotopic (exact) mass is 267 g/mol. The number of hydrogen-bond donors (Lipinski definition) is 1. The minimum atomic E-state index is -0.0306. The van der Waals surface area contributed by atoms with Crippen molar-refractivity contribution in [3.63, 3.8) is 0 Å². The van der Waals surface area contributed by atoms with E-state index >= 15 is 0 Å². The summed E-state index contributed by atoms with van der Waals surface area (Å²) in [5.74, 6) is 0. The Hall–Kier alpha value is -0.630. The molecule has 0 saturated carbocycles. The average molecular weight is 267 g/mol. The summed E-state index contributed by atoms with van der Waals surface area (Å²) in [5, 5.41) is 12.4. The molecule has 1 saturated heterocycles. The van der Waals surface area contributed by atoms with Gasteiger partial charge in [-0.1, -0.05) is 6.92 Å². The fraction of sp³-hybridized carbons (Fsp3) is 0.933. The standard InChI is InChI=1S/C15H29N3O/c1-4-10-19-15-6-5-8-18(12-15)9-7-14(11-16)17-13(2)3/h13-15,17H,4-10,12H2,1-3H3. The highest BCUT2D eigenvalue weighted by molar-refractivity contribution is 4.91. The first-order valence-corrected chi connectivity index (χ1v) is 7.65. The van der Waals surface area contributed by atoms with Gasteiger partial charge in [0, 0.05) is 25.7 Å². The fourth-order valence-corrected chi connectivity index (χ4v) is 2.54. The van der Waals surface area contributed by atoms with Crippen LogP contribution in [0.3, 0.4) is 0 Å². The molecule has 1 heterocycles. The zero-order valence-corrected chi connectivity index (χ0v) is 12.7. The molecule has 1 N–H and O–H groups in total. The van der Waals surface area contributed by atoms with Crippen molar-refractivity contribution in [2.75, 3.05) is 26.2 Å². The number of ether oxygens (including phenoxy) is 1. The van der Waals surface area contributed by atoms with Gasteiger partial charge in [-0.15, -0.1) is 0 Å². The molecule has 4 heteroatoms. The molecule has 0 bridgehead atoms. The maximum absolute atomic E-state index is 9.12. The van der Waals surface area contributed by atoms with E-state index in [0.29, 0.717) is 12.1 Å². The molecular formula is C15H29N3O. The van der Waals surface area contributed by atoms with Crippen LogP contribution >= 0.6 is 0 Å². The van der Waals surface area contributed by atoms with Crippen LogP contribution in [0.4, 0.5) is 0 Å². The van der Waals surface area contributed by atoms with E-state index in [2.05, 4.69) is 37.1 Å². The first-order valence-electron chi connectivity index (χ1n) is 7.65. The molecule has 110 valence electrons. The third-order valence-corrected chi connectivity index (χ3v) is 3.44. The Kier molecular flexibility index (Phi) is 8.04. The van der Waals surface area contributed by atoms with Gasteiger partial charge >= 0.3 is 0 Å². The highest BCUT2D eigenvalue weighted by Gasteiger charge is 2.21. The predicted octanol–water partition coefficient (Wildman–Crippen LogP) is 2.16. The Morgan fingerprint density at radius 3 is 2.89 bits per heavy atom. The molecule has 0 aromatic carbocycles. The van der Waals surface area contributed by atoms with Gasteiger partial charge in [0.2, 0.25) is 0 Å². The maximum Gasteiger partial charge on any atom is 0.0967 e. The topological polar surface area (TPSA) is 48.3 Å². The van der Waals surface area contributed by atoms with Gasteiger partial charge in [-0.3, -0.25) is 5.32 Å². The molecule has 1 aliphatic rings. The molecule has 2 atom stereocenters. The van der Waals surface area contributed by atoms with Crippen LogP contribution in [-0.2, 0) is 4.74 Å². The lowest BCUT2D eigenvalue weighted by atomic mass is 10.1. The molecule has 1 rings (SSSR count). The summed E-state index contributed by atoms with van der Waals surface area (Å²) >= 11 is 0. The second kappa shape index (κ2) is 9.30. The Bertz CT molecular complexity index is 275. The van der Waals surface area contributed by atoms with Crippen LogP contribution in [-0.4, -0.2) is 49.3 Å². The quantitative estimate of drug-likeness (QED) is 0.732. The van der Waals surface area contributed by atoms with Crippen LogP contribution in [0.2, 0.25) is 0 Å². The van der Waals surface area contributed by atoms with Crippen molar-refractivity contribution in [2.24, 2.45) is 0 Å². The molecule has 0 radical (unpaired) electrons. The first kappa shape index (κ1) is 16.4. The van der Waals surface area contributed by atoms with Crippen molar-refractivity contribution in [3.8, 4) is 6.07 Å². The summed E-state index contributed by atoms with van der Waals surface area (Å²) in [4.78, 5) is 2.44. The summed E-state index contributed by atoms with van der Waals surface area (Å²) < 4.78 is 5.84. The van der Waals surface area contributed by atoms with Gasteiger partial charge < -0.3 is 9.64 Å². The number of hydrogen-bond acceptors (Lipinski definition) is 4. The van der Waals surface area contributed by atoms with Gasteiger partial charge in [-0.2, -0.15) is 5.26 Å². The van der Waals surface area contributed by atoms with Gasteiger partial charge in [0.1, 0.15) is 0 Å². The normalized spacial score (nSPS) is 22.4. The molecule has 0 aliphatic carbocycles. The van der Waals surface area contributed by atoms with Crippen molar-refractivity contribution in [3.05, 3.63) is 0 Å². The van der Waals surface area contributed by atoms with Crippen LogP contribution in [0.5, 0.6) is 0 Å². The van der Waals surface area contributed by atoms with Gasteiger partial charge in [-0.05, 0) is 46.1 Å². The molecular weight excluding hydrogens is 238 g/mol. The summed E-state index contributed by atoms with van der Waals surface area (Å²) in [6.07, 6.45) is 4.78. The van der Waals surface area contributed by atoms with E-state index < -0.39 is 0 Å². The Morgan fingerprint density at radius 2 is 2.26 bits per heavy atom. The van der Waals surface area contributed by atoms with E-state index in [1.807, 2.05) is 0 Å². The second-order valence-electron chi connectivity index (χ2n) is 5.73. The van der Waals surface area contributed by atoms with E-state index in [0.717, 1.165) is 39.1 Å². The number of nitrogens with one attached hydrogen (secondary N) is 1. The average Bonchev–Trinajstić information content (AvgIpc) is 2.41. The van der Waals surface area contributed by atoms with Gasteiger partial charge in [0.05, 0.1) is 18.2 Å². The minimum Gasteiger partial charge on any atom is -0.377 e. The maximum atomic E-state index is 9.12. The SMILES string of the molecule is CCCOC1CCCN(CCC(C#N)NC(C)C)C1. The van der Waals surface area contributed by atoms with Gasteiger partial charge in [-0.25, -0.2) is 0 Å². The van der Waals surface area contributed by atoms with Crippen molar-refractivity contribution in [1.82, 2.24) is 10.2 Å². The largest absolute Gasteiger partial charge is 0.377 e. The van der Waals surface area contributed by atoms with Crippen LogP contribution in [0, 0.1) is 11.3 Å². The Labute approximate surface area is 118 Å². The summed E-state index contributed by atoms with van der Waals surface area (Å²) in [6.45, 7) is 10.3. The van der Waals surface area contributed by atoms with Crippen molar-refractivity contribution >= 4 is 0 Å². The molecule has 4 nitrogen and oxygen atoms in total. The summed E-state index contributed by atoms with van der Waals surface area (Å²) in [5.41, 5.74) is 0. The van der Waals surface area contributed by atoms with Gasteiger partial charge in [0.25, 0.3) is 0 Å². The molecule has 1 fully saturated rings. The number of likely N-dealkylation sites (tertiary alicyclic amines) is 1. The lowest BCUT2D eigenvalue weighted by molar-refractivity contribution is -0.000565.